The fourth-order valence-electron chi connectivity index (χ4n) is 2.10. The molecule has 0 saturated heterocycles. The van der Waals surface area contributed by atoms with E-state index < -0.39 is 12.6 Å². The van der Waals surface area contributed by atoms with Crippen molar-refractivity contribution in [2.45, 2.75) is 17.7 Å². The van der Waals surface area contributed by atoms with Crippen molar-refractivity contribution in [2.75, 3.05) is 23.9 Å². The minimum atomic E-state index is -0.864. The summed E-state index contributed by atoms with van der Waals surface area (Å²) in [4.78, 5) is 24.6. The number of rotatable bonds is 5. The summed E-state index contributed by atoms with van der Waals surface area (Å²) >= 11 is 1.24. The van der Waals surface area contributed by atoms with E-state index in [4.69, 9.17) is 5.11 Å². The van der Waals surface area contributed by atoms with Crippen LogP contribution in [-0.4, -0.2) is 36.0 Å². The van der Waals surface area contributed by atoms with Crippen molar-refractivity contribution in [1.82, 2.24) is 0 Å². The number of carboxylic acids is 1. The van der Waals surface area contributed by atoms with Gasteiger partial charge in [0, 0.05) is 17.0 Å². The number of nitrogens with zero attached hydrogens (tertiary/aromatic N) is 1. The Hall–Kier alpha value is -1.56. The molecule has 0 bridgehead atoms. The number of aliphatic carboxylic acids is 1. The predicted molar refractivity (Wildman–Crippen MR) is 71.5 cm³/mol. The molecule has 4 nitrogen and oxygen atoms in total. The van der Waals surface area contributed by atoms with Crippen LogP contribution in [0.5, 0.6) is 0 Å². The molecule has 1 heterocycles. The summed E-state index contributed by atoms with van der Waals surface area (Å²) in [7, 11) is 0. The van der Waals surface area contributed by atoms with Gasteiger partial charge in [-0.25, -0.2) is 4.39 Å². The molecule has 1 amide bonds. The molecule has 1 aliphatic heterocycles. The highest BCUT2D eigenvalue weighted by molar-refractivity contribution is 8.00. The van der Waals surface area contributed by atoms with Gasteiger partial charge in [-0.1, -0.05) is 0 Å². The van der Waals surface area contributed by atoms with E-state index in [0.29, 0.717) is 12.8 Å². The standard InChI is InChI=1S/C13H14FNO3S/c14-5-6-15-11-3-2-10(19-8-13(17)18)7-9(11)1-4-12(15)16/h2-3,7H,1,4-6,8H2,(H,17,18). The Balaban J connectivity index is 2.20. The molecule has 0 fully saturated rings. The third-order valence-electron chi connectivity index (χ3n) is 2.92. The molecule has 0 radical (unpaired) electrons. The third-order valence-corrected chi connectivity index (χ3v) is 3.90. The predicted octanol–water partition coefficient (Wildman–Crippen LogP) is 2.11. The Morgan fingerprint density at radius 2 is 2.21 bits per heavy atom. The van der Waals surface area contributed by atoms with Gasteiger partial charge in [-0.15, -0.1) is 11.8 Å². The molecular formula is C13H14FNO3S. The van der Waals surface area contributed by atoms with Crippen LogP contribution in [0, 0.1) is 0 Å². The molecule has 1 N–H and O–H groups in total. The summed E-state index contributed by atoms with van der Waals surface area (Å²) in [5, 5.41) is 8.64. The Morgan fingerprint density at radius 1 is 1.42 bits per heavy atom. The highest BCUT2D eigenvalue weighted by atomic mass is 32.2. The first kappa shape index (κ1) is 13.9. The Kier molecular flexibility index (Phi) is 4.42. The third kappa shape index (κ3) is 3.26. The van der Waals surface area contributed by atoms with Crippen molar-refractivity contribution in [3.63, 3.8) is 0 Å². The second kappa shape index (κ2) is 6.06. The smallest absolute Gasteiger partial charge is 0.313 e. The maximum Gasteiger partial charge on any atom is 0.313 e. The summed E-state index contributed by atoms with van der Waals surface area (Å²) in [6, 6.07) is 5.43. The van der Waals surface area contributed by atoms with Crippen molar-refractivity contribution >= 4 is 29.3 Å². The van der Waals surface area contributed by atoms with E-state index in [1.165, 1.54) is 16.7 Å². The van der Waals surface area contributed by atoms with Crippen LogP contribution in [0.4, 0.5) is 10.1 Å². The largest absolute Gasteiger partial charge is 0.481 e. The van der Waals surface area contributed by atoms with Crippen LogP contribution in [0.2, 0.25) is 0 Å². The van der Waals surface area contributed by atoms with Gasteiger partial charge in [0.15, 0.2) is 0 Å². The highest BCUT2D eigenvalue weighted by Gasteiger charge is 2.23. The van der Waals surface area contributed by atoms with Gasteiger partial charge in [-0.3, -0.25) is 9.59 Å². The maximum absolute atomic E-state index is 12.5. The van der Waals surface area contributed by atoms with Crippen LogP contribution in [0.1, 0.15) is 12.0 Å². The van der Waals surface area contributed by atoms with Gasteiger partial charge in [0.05, 0.1) is 12.3 Å². The zero-order chi connectivity index (χ0) is 13.8. The van der Waals surface area contributed by atoms with Gasteiger partial charge >= 0.3 is 5.97 Å². The topological polar surface area (TPSA) is 57.6 Å². The molecule has 0 spiro atoms. The fraction of sp³-hybridized carbons (Fsp3) is 0.385. The average Bonchev–Trinajstić information content (AvgIpc) is 2.39. The maximum atomic E-state index is 12.5. The number of carbonyl (C=O) groups excluding carboxylic acids is 1. The van der Waals surface area contributed by atoms with Crippen LogP contribution in [0.15, 0.2) is 23.1 Å². The van der Waals surface area contributed by atoms with E-state index in [-0.39, 0.29) is 18.2 Å². The Labute approximate surface area is 114 Å². The van der Waals surface area contributed by atoms with Crippen LogP contribution in [-0.2, 0) is 16.0 Å². The molecule has 1 aromatic carbocycles. The number of amides is 1. The fourth-order valence-corrected chi connectivity index (χ4v) is 2.78. The lowest BCUT2D eigenvalue weighted by atomic mass is 10.0. The molecule has 6 heteroatoms. The number of hydrogen-bond donors (Lipinski definition) is 1. The number of carbonyl (C=O) groups is 2. The summed E-state index contributed by atoms with van der Waals surface area (Å²) in [6.45, 7) is -0.492. The van der Waals surface area contributed by atoms with Crippen molar-refractivity contribution < 1.29 is 19.1 Å². The number of hydrogen-bond acceptors (Lipinski definition) is 3. The first-order valence-corrected chi connectivity index (χ1v) is 6.94. The molecule has 102 valence electrons. The number of thioether (sulfide) groups is 1. The second-order valence-electron chi connectivity index (χ2n) is 4.21. The molecule has 0 unspecified atom stereocenters. The van der Waals surface area contributed by atoms with Crippen LogP contribution in [0.25, 0.3) is 0 Å². The first-order chi connectivity index (χ1) is 9.11. The quantitative estimate of drug-likeness (QED) is 0.841. The van der Waals surface area contributed by atoms with Gasteiger partial charge in [-0.2, -0.15) is 0 Å². The normalized spacial score (nSPS) is 14.4. The van der Waals surface area contributed by atoms with Gasteiger partial charge in [0.1, 0.15) is 6.67 Å². The molecule has 0 aliphatic carbocycles. The van der Waals surface area contributed by atoms with E-state index in [0.717, 1.165) is 16.1 Å². The number of halogens is 1. The van der Waals surface area contributed by atoms with Crippen molar-refractivity contribution in [2.24, 2.45) is 0 Å². The Bertz CT molecular complexity index is 507. The van der Waals surface area contributed by atoms with Crippen LogP contribution >= 0.6 is 11.8 Å². The van der Waals surface area contributed by atoms with E-state index in [1.807, 2.05) is 6.07 Å². The number of carboxylic acid groups (broad SMARTS) is 1. The summed E-state index contributed by atoms with van der Waals surface area (Å²) in [6.07, 6.45) is 0.998. The van der Waals surface area contributed by atoms with Gasteiger partial charge in [0.2, 0.25) is 5.91 Å². The lowest BCUT2D eigenvalue weighted by Gasteiger charge is -2.28. The number of alkyl halides is 1. The van der Waals surface area contributed by atoms with Gasteiger partial charge in [-0.05, 0) is 30.2 Å². The number of fused-ring (bicyclic) bond motifs is 1. The molecule has 19 heavy (non-hydrogen) atoms. The molecular weight excluding hydrogens is 269 g/mol. The molecule has 0 aromatic heterocycles. The monoisotopic (exact) mass is 283 g/mol. The second-order valence-corrected chi connectivity index (χ2v) is 5.26. The summed E-state index contributed by atoms with van der Waals surface area (Å²) in [5.74, 6) is -0.917. The van der Waals surface area contributed by atoms with Gasteiger partial charge < -0.3 is 10.0 Å². The van der Waals surface area contributed by atoms with Crippen LogP contribution < -0.4 is 4.90 Å². The molecule has 0 saturated carbocycles. The molecule has 1 aliphatic rings. The average molecular weight is 283 g/mol. The Morgan fingerprint density at radius 3 is 2.89 bits per heavy atom. The lowest BCUT2D eigenvalue weighted by Crippen LogP contribution is -2.36. The van der Waals surface area contributed by atoms with Crippen molar-refractivity contribution in [3.8, 4) is 0 Å². The van der Waals surface area contributed by atoms with E-state index in [2.05, 4.69) is 0 Å². The number of anilines is 1. The van der Waals surface area contributed by atoms with E-state index >= 15 is 0 Å². The van der Waals surface area contributed by atoms with Crippen molar-refractivity contribution in [3.05, 3.63) is 23.8 Å². The molecule has 1 aromatic rings. The molecule has 2 rings (SSSR count). The molecule has 0 atom stereocenters. The first-order valence-electron chi connectivity index (χ1n) is 5.95. The minimum absolute atomic E-state index is 0.00586. The number of aryl methyl sites for hydroxylation is 1. The number of benzene rings is 1. The highest BCUT2D eigenvalue weighted by Crippen LogP contribution is 2.31. The van der Waals surface area contributed by atoms with Gasteiger partial charge in [0.25, 0.3) is 0 Å². The summed E-state index contributed by atoms with van der Waals surface area (Å²) in [5.41, 5.74) is 1.72. The summed E-state index contributed by atoms with van der Waals surface area (Å²) < 4.78 is 12.5. The lowest BCUT2D eigenvalue weighted by molar-refractivity contribution is -0.133. The van der Waals surface area contributed by atoms with E-state index in [1.54, 1.807) is 12.1 Å². The SMILES string of the molecule is O=C(O)CSc1ccc2c(c1)CCC(=O)N2CCF. The minimum Gasteiger partial charge on any atom is -0.481 e. The van der Waals surface area contributed by atoms with E-state index in [9.17, 15) is 14.0 Å². The van der Waals surface area contributed by atoms with Crippen LogP contribution in [0.3, 0.4) is 0 Å². The zero-order valence-corrected chi connectivity index (χ0v) is 11.1. The van der Waals surface area contributed by atoms with Crippen molar-refractivity contribution in [1.29, 1.82) is 0 Å². The zero-order valence-electron chi connectivity index (χ0n) is 10.3.